The number of aliphatic hydroxyl groups is 1. The summed E-state index contributed by atoms with van der Waals surface area (Å²) < 4.78 is 27.1. The Morgan fingerprint density at radius 1 is 1.45 bits per heavy atom. The van der Waals surface area contributed by atoms with Crippen molar-refractivity contribution in [2.75, 3.05) is 18.6 Å². The molecule has 1 N–H and O–H groups in total. The molecular formula is C14H21NO3S2. The molecule has 0 aromatic heterocycles. The monoisotopic (exact) mass is 315 g/mol. The molecule has 1 atom stereocenters. The highest BCUT2D eigenvalue weighted by Gasteiger charge is 2.31. The first-order valence-corrected chi connectivity index (χ1v) is 9.38. The van der Waals surface area contributed by atoms with Crippen LogP contribution in [0, 0.1) is 0 Å². The lowest BCUT2D eigenvalue weighted by molar-refractivity contribution is 0.281. The Kier molecular flexibility index (Phi) is 5.12. The van der Waals surface area contributed by atoms with Gasteiger partial charge >= 0.3 is 0 Å². The highest BCUT2D eigenvalue weighted by atomic mass is 32.2. The van der Waals surface area contributed by atoms with Crippen molar-refractivity contribution in [2.24, 2.45) is 0 Å². The van der Waals surface area contributed by atoms with Gasteiger partial charge in [0.2, 0.25) is 10.0 Å². The van der Waals surface area contributed by atoms with Crippen LogP contribution in [0.4, 0.5) is 0 Å². The predicted octanol–water partition coefficient (Wildman–Crippen LogP) is 1.87. The molecule has 20 heavy (non-hydrogen) atoms. The summed E-state index contributed by atoms with van der Waals surface area (Å²) in [5.74, 6) is 1.87. The Bertz CT molecular complexity index is 566. The van der Waals surface area contributed by atoms with Crippen molar-refractivity contribution in [2.45, 2.75) is 37.3 Å². The molecule has 112 valence electrons. The summed E-state index contributed by atoms with van der Waals surface area (Å²) in [5, 5.41) is 9.23. The number of nitrogens with zero attached hydrogens (tertiary/aromatic N) is 1. The van der Waals surface area contributed by atoms with Crippen molar-refractivity contribution in [3.63, 3.8) is 0 Å². The van der Waals surface area contributed by atoms with E-state index in [-0.39, 0.29) is 12.6 Å². The molecule has 4 nitrogen and oxygen atoms in total. The van der Waals surface area contributed by atoms with Gasteiger partial charge in [0.25, 0.3) is 0 Å². The van der Waals surface area contributed by atoms with E-state index < -0.39 is 10.0 Å². The lowest BCUT2D eigenvalue weighted by Crippen LogP contribution is -2.37. The van der Waals surface area contributed by atoms with Crippen molar-refractivity contribution in [3.05, 3.63) is 29.3 Å². The molecule has 1 heterocycles. The van der Waals surface area contributed by atoms with E-state index in [1.54, 1.807) is 37.0 Å². The zero-order valence-electron chi connectivity index (χ0n) is 11.9. The molecule has 6 heteroatoms. The van der Waals surface area contributed by atoms with Gasteiger partial charge in [-0.2, -0.15) is 16.1 Å². The molecule has 1 aromatic carbocycles. The van der Waals surface area contributed by atoms with Crippen LogP contribution in [0.25, 0.3) is 0 Å². The third kappa shape index (κ3) is 3.03. The zero-order valence-corrected chi connectivity index (χ0v) is 13.5. The summed E-state index contributed by atoms with van der Waals surface area (Å²) in [5.41, 5.74) is 1.44. The van der Waals surface area contributed by atoms with Gasteiger partial charge in [0.05, 0.1) is 11.5 Å². The Labute approximate surface area is 125 Å². The first kappa shape index (κ1) is 15.8. The van der Waals surface area contributed by atoms with Crippen LogP contribution >= 0.6 is 11.8 Å². The molecule has 0 radical (unpaired) electrons. The van der Waals surface area contributed by atoms with E-state index in [1.807, 2.05) is 6.92 Å². The second-order valence-electron chi connectivity index (χ2n) is 4.99. The van der Waals surface area contributed by atoms with Gasteiger partial charge in [0.15, 0.2) is 0 Å². The van der Waals surface area contributed by atoms with E-state index in [1.165, 1.54) is 4.31 Å². The molecule has 2 rings (SSSR count). The number of aryl methyl sites for hydroxylation is 1. The van der Waals surface area contributed by atoms with Crippen LogP contribution in [0.1, 0.15) is 24.5 Å². The molecule has 1 fully saturated rings. The Hall–Kier alpha value is -0.560. The van der Waals surface area contributed by atoms with Crippen LogP contribution in [0.2, 0.25) is 0 Å². The number of rotatable bonds is 5. The summed E-state index contributed by atoms with van der Waals surface area (Å²) in [6.45, 7) is 1.80. The molecule has 1 aliphatic heterocycles. The van der Waals surface area contributed by atoms with Gasteiger partial charge in [0.1, 0.15) is 0 Å². The van der Waals surface area contributed by atoms with Crippen LogP contribution in [0.15, 0.2) is 23.1 Å². The summed E-state index contributed by atoms with van der Waals surface area (Å²) in [6, 6.07) is 5.26. The molecule has 0 bridgehead atoms. The van der Waals surface area contributed by atoms with E-state index in [4.69, 9.17) is 0 Å². The van der Waals surface area contributed by atoms with Crippen LogP contribution < -0.4 is 0 Å². The number of hydrogen-bond donors (Lipinski definition) is 1. The minimum absolute atomic E-state index is 0.0764. The normalized spacial score (nSPS) is 19.7. The zero-order chi connectivity index (χ0) is 14.8. The fraction of sp³-hybridized carbons (Fsp3) is 0.571. The second kappa shape index (κ2) is 6.47. The molecule has 1 unspecified atom stereocenters. The molecule has 1 aromatic rings. The summed E-state index contributed by atoms with van der Waals surface area (Å²) >= 11 is 1.79. The quantitative estimate of drug-likeness (QED) is 0.901. The van der Waals surface area contributed by atoms with Gasteiger partial charge in [-0.25, -0.2) is 8.42 Å². The highest BCUT2D eigenvalue weighted by Crippen LogP contribution is 2.28. The minimum Gasteiger partial charge on any atom is -0.392 e. The number of aliphatic hydroxyl groups excluding tert-OH is 1. The Morgan fingerprint density at radius 3 is 2.75 bits per heavy atom. The standard InChI is InChI=1S/C14H21NO3S2/c1-3-12-5-4-11(9-16)8-14(12)20(17,18)15(2)13-6-7-19-10-13/h4-5,8,13,16H,3,6-7,9-10H2,1-2H3. The smallest absolute Gasteiger partial charge is 0.243 e. The first-order chi connectivity index (χ1) is 9.50. The molecule has 0 aliphatic carbocycles. The first-order valence-electron chi connectivity index (χ1n) is 6.79. The van der Waals surface area contributed by atoms with Gasteiger partial charge in [-0.15, -0.1) is 0 Å². The third-order valence-electron chi connectivity index (χ3n) is 3.77. The number of thioether (sulfide) groups is 1. The van der Waals surface area contributed by atoms with Crippen molar-refractivity contribution in [1.29, 1.82) is 0 Å². The lowest BCUT2D eigenvalue weighted by Gasteiger charge is -2.24. The second-order valence-corrected chi connectivity index (χ2v) is 8.11. The average Bonchev–Trinajstić information content (AvgIpc) is 2.99. The lowest BCUT2D eigenvalue weighted by atomic mass is 10.1. The maximum atomic E-state index is 12.8. The van der Waals surface area contributed by atoms with E-state index in [0.29, 0.717) is 16.9 Å². The largest absolute Gasteiger partial charge is 0.392 e. The Morgan fingerprint density at radius 2 is 2.20 bits per heavy atom. The summed E-state index contributed by atoms with van der Waals surface area (Å²) in [6.07, 6.45) is 1.56. The SMILES string of the molecule is CCc1ccc(CO)cc1S(=O)(=O)N(C)C1CCSC1. The fourth-order valence-electron chi connectivity index (χ4n) is 2.39. The number of sulfonamides is 1. The van der Waals surface area contributed by atoms with Crippen LogP contribution in [0.3, 0.4) is 0 Å². The molecule has 0 amide bonds. The third-order valence-corrected chi connectivity index (χ3v) is 6.91. The van der Waals surface area contributed by atoms with Crippen molar-refractivity contribution in [1.82, 2.24) is 4.31 Å². The van der Waals surface area contributed by atoms with Gasteiger partial charge in [-0.05, 0) is 35.8 Å². The fourth-order valence-corrected chi connectivity index (χ4v) is 5.48. The van der Waals surface area contributed by atoms with Gasteiger partial charge in [-0.3, -0.25) is 0 Å². The van der Waals surface area contributed by atoms with E-state index in [9.17, 15) is 13.5 Å². The van der Waals surface area contributed by atoms with E-state index in [0.717, 1.165) is 23.5 Å². The van der Waals surface area contributed by atoms with Gasteiger partial charge in [0, 0.05) is 18.8 Å². The van der Waals surface area contributed by atoms with E-state index in [2.05, 4.69) is 0 Å². The van der Waals surface area contributed by atoms with Crippen molar-refractivity contribution < 1.29 is 13.5 Å². The maximum absolute atomic E-state index is 12.8. The molecule has 0 saturated carbocycles. The predicted molar refractivity (Wildman–Crippen MR) is 82.4 cm³/mol. The van der Waals surface area contributed by atoms with E-state index >= 15 is 0 Å². The topological polar surface area (TPSA) is 57.6 Å². The van der Waals surface area contributed by atoms with Crippen LogP contribution in [-0.2, 0) is 23.1 Å². The maximum Gasteiger partial charge on any atom is 0.243 e. The Balaban J connectivity index is 2.41. The summed E-state index contributed by atoms with van der Waals surface area (Å²) in [7, 11) is -1.83. The average molecular weight is 315 g/mol. The van der Waals surface area contributed by atoms with Crippen molar-refractivity contribution >= 4 is 21.8 Å². The molecule has 1 saturated heterocycles. The highest BCUT2D eigenvalue weighted by molar-refractivity contribution is 7.99. The molecular weight excluding hydrogens is 294 g/mol. The number of hydrogen-bond acceptors (Lipinski definition) is 4. The van der Waals surface area contributed by atoms with Crippen molar-refractivity contribution in [3.8, 4) is 0 Å². The van der Waals surface area contributed by atoms with Gasteiger partial charge < -0.3 is 5.11 Å². The van der Waals surface area contributed by atoms with Crippen LogP contribution in [-0.4, -0.2) is 42.4 Å². The van der Waals surface area contributed by atoms with Gasteiger partial charge in [-0.1, -0.05) is 19.1 Å². The summed E-state index contributed by atoms with van der Waals surface area (Å²) in [4.78, 5) is 0.339. The number of benzene rings is 1. The van der Waals surface area contributed by atoms with Crippen LogP contribution in [0.5, 0.6) is 0 Å². The molecule has 0 spiro atoms. The minimum atomic E-state index is -3.49. The molecule has 1 aliphatic rings.